The summed E-state index contributed by atoms with van der Waals surface area (Å²) in [5.74, 6) is 0.990. The van der Waals surface area contributed by atoms with E-state index >= 15 is 0 Å². The Morgan fingerprint density at radius 1 is 1.09 bits per heavy atom. The predicted molar refractivity (Wildman–Crippen MR) is 171 cm³/mol. The molecule has 8 atom stereocenters. The van der Waals surface area contributed by atoms with E-state index in [9.17, 15) is 20.3 Å². The largest absolute Gasteiger partial charge is 0.393 e. The van der Waals surface area contributed by atoms with Crippen LogP contribution in [-0.4, -0.2) is 38.4 Å². The van der Waals surface area contributed by atoms with Crippen molar-refractivity contribution in [2.24, 2.45) is 33.5 Å². The van der Waals surface area contributed by atoms with Crippen LogP contribution >= 0.6 is 23.1 Å². The fourth-order valence-electron chi connectivity index (χ4n) is 10.5. The molecule has 43 heavy (non-hydrogen) atoms. The molecule has 2 aromatic heterocycles. The highest BCUT2D eigenvalue weighted by Crippen LogP contribution is 2.78. The van der Waals surface area contributed by atoms with Crippen LogP contribution in [0, 0.1) is 65.6 Å². The minimum Gasteiger partial charge on any atom is -0.393 e. The number of carbonyl (C=O) groups is 1. The molecular formula is C36H42N2O3S2. The molecule has 7 heteroatoms. The van der Waals surface area contributed by atoms with Gasteiger partial charge in [0.15, 0.2) is 5.78 Å². The molecule has 0 aromatic carbocycles. The van der Waals surface area contributed by atoms with Gasteiger partial charge in [0.25, 0.3) is 0 Å². The lowest BCUT2D eigenvalue weighted by Gasteiger charge is -2.71. The van der Waals surface area contributed by atoms with Crippen LogP contribution in [0.5, 0.6) is 0 Å². The normalized spacial score (nSPS) is 40.8. The summed E-state index contributed by atoms with van der Waals surface area (Å²) in [5, 5.41) is 34.1. The van der Waals surface area contributed by atoms with E-state index in [0.717, 1.165) is 58.7 Å². The van der Waals surface area contributed by atoms with E-state index in [1.807, 2.05) is 39.0 Å². The molecule has 3 saturated carbocycles. The van der Waals surface area contributed by atoms with Crippen molar-refractivity contribution in [2.75, 3.05) is 5.75 Å². The zero-order chi connectivity index (χ0) is 30.6. The van der Waals surface area contributed by atoms with E-state index in [1.165, 1.54) is 11.8 Å². The van der Waals surface area contributed by atoms with E-state index in [4.69, 9.17) is 4.98 Å². The second-order valence-corrected chi connectivity index (χ2v) is 17.0. The smallest absolute Gasteiger partial charge is 0.199 e. The topological polar surface area (TPSA) is 94.2 Å². The van der Waals surface area contributed by atoms with Gasteiger partial charge in [-0.3, -0.25) is 4.79 Å². The molecule has 2 aromatic rings. The molecule has 2 heterocycles. The summed E-state index contributed by atoms with van der Waals surface area (Å²) in [5.41, 5.74) is 1.11. The second-order valence-electron chi connectivity index (χ2n) is 14.7. The van der Waals surface area contributed by atoms with Crippen molar-refractivity contribution in [3.8, 4) is 6.07 Å². The van der Waals surface area contributed by atoms with Gasteiger partial charge in [-0.15, -0.1) is 23.1 Å². The number of aliphatic hydroxyl groups is 2. The number of allylic oxidation sites excluding steroid dienone is 4. The lowest BCUT2D eigenvalue weighted by Crippen LogP contribution is -2.67. The highest BCUT2D eigenvalue weighted by atomic mass is 32.2. The number of rotatable bonds is 5. The summed E-state index contributed by atoms with van der Waals surface area (Å²) in [6, 6.07) is 8.28. The van der Waals surface area contributed by atoms with Gasteiger partial charge in [-0.2, -0.15) is 5.26 Å². The van der Waals surface area contributed by atoms with Crippen molar-refractivity contribution in [3.63, 3.8) is 0 Å². The number of fused-ring (bicyclic) bond motifs is 1. The molecule has 2 N–H and O–H groups in total. The van der Waals surface area contributed by atoms with Crippen LogP contribution in [0.15, 0.2) is 47.0 Å². The Morgan fingerprint density at radius 2 is 1.81 bits per heavy atom. The number of nitrogens with zero attached hydrogens (tertiary/aromatic N) is 2. The third kappa shape index (κ3) is 3.82. The van der Waals surface area contributed by atoms with Gasteiger partial charge in [-0.25, -0.2) is 4.98 Å². The minimum absolute atomic E-state index is 0.0440. The van der Waals surface area contributed by atoms with Gasteiger partial charge in [-0.1, -0.05) is 32.1 Å². The van der Waals surface area contributed by atoms with Crippen LogP contribution < -0.4 is 0 Å². The quantitative estimate of drug-likeness (QED) is 0.206. The fraction of sp³-hybridized carbons (Fsp3) is 0.583. The number of carbonyl (C=O) groups excluding carboxylic acids is 1. The Morgan fingerprint density at radius 3 is 2.53 bits per heavy atom. The first kappa shape index (κ1) is 29.5. The number of pyridine rings is 1. The fourth-order valence-corrected chi connectivity index (χ4v) is 12.7. The van der Waals surface area contributed by atoms with E-state index in [0.29, 0.717) is 29.2 Å². The van der Waals surface area contributed by atoms with Crippen LogP contribution in [0.2, 0.25) is 0 Å². The first-order chi connectivity index (χ1) is 20.3. The third-order valence-corrected chi connectivity index (χ3v) is 15.0. The number of thiophene rings is 1. The number of hydrogen-bond donors (Lipinski definition) is 2. The molecule has 0 amide bonds. The van der Waals surface area contributed by atoms with Crippen LogP contribution in [0.4, 0.5) is 0 Å². The Hall–Kier alpha value is -2.24. The Kier molecular flexibility index (Phi) is 6.60. The molecule has 2 spiro atoms. The van der Waals surface area contributed by atoms with Crippen molar-refractivity contribution in [1.29, 1.82) is 5.26 Å². The van der Waals surface area contributed by atoms with Gasteiger partial charge in [0.2, 0.25) is 0 Å². The summed E-state index contributed by atoms with van der Waals surface area (Å²) >= 11 is 3.08. The molecule has 5 nitrogen and oxygen atoms in total. The molecule has 3 fully saturated rings. The SMILES string of the molecule is Cc1cc(C)c(C#N)c(SCC2(O)CCC3C45C=CC6(C=C4C(=O)c4ccc(C)s4)CC(O)CCC6(C)C5CCC32C)n1. The summed E-state index contributed by atoms with van der Waals surface area (Å²) < 4.78 is 0. The third-order valence-electron chi connectivity index (χ3n) is 12.8. The first-order valence-corrected chi connectivity index (χ1v) is 17.6. The molecule has 6 aliphatic rings. The van der Waals surface area contributed by atoms with Crippen molar-refractivity contribution in [3.05, 3.63) is 68.6 Å². The number of aromatic nitrogens is 1. The lowest BCUT2D eigenvalue weighted by molar-refractivity contribution is -0.166. The van der Waals surface area contributed by atoms with Crippen molar-refractivity contribution in [2.45, 2.75) is 96.3 Å². The average molecular weight is 615 g/mol. The van der Waals surface area contributed by atoms with Gasteiger partial charge in [-0.05, 0) is 107 Å². The van der Waals surface area contributed by atoms with Crippen LogP contribution in [0.25, 0.3) is 0 Å². The van der Waals surface area contributed by atoms with Crippen LogP contribution in [-0.2, 0) is 0 Å². The van der Waals surface area contributed by atoms with E-state index in [1.54, 1.807) is 11.3 Å². The molecule has 0 radical (unpaired) electrons. The summed E-state index contributed by atoms with van der Waals surface area (Å²) in [6.45, 7) is 10.6. The molecule has 226 valence electrons. The summed E-state index contributed by atoms with van der Waals surface area (Å²) in [7, 11) is 0. The number of thioether (sulfide) groups is 1. The van der Waals surface area contributed by atoms with Crippen LogP contribution in [0.3, 0.4) is 0 Å². The van der Waals surface area contributed by atoms with Crippen molar-refractivity contribution < 1.29 is 15.0 Å². The molecule has 0 saturated heterocycles. The monoisotopic (exact) mass is 614 g/mol. The van der Waals surface area contributed by atoms with Gasteiger partial charge < -0.3 is 10.2 Å². The van der Waals surface area contributed by atoms with E-state index < -0.39 is 16.4 Å². The highest BCUT2D eigenvalue weighted by Gasteiger charge is 2.74. The highest BCUT2D eigenvalue weighted by molar-refractivity contribution is 7.99. The Bertz CT molecular complexity index is 1640. The zero-order valence-electron chi connectivity index (χ0n) is 25.9. The molecule has 2 bridgehead atoms. The molecule has 0 aliphatic heterocycles. The van der Waals surface area contributed by atoms with Gasteiger partial charge in [0.05, 0.1) is 22.1 Å². The minimum atomic E-state index is -0.953. The number of hydrogen-bond acceptors (Lipinski definition) is 7. The van der Waals surface area contributed by atoms with E-state index in [-0.39, 0.29) is 34.6 Å². The van der Waals surface area contributed by atoms with Gasteiger partial charge >= 0.3 is 0 Å². The Labute approximate surface area is 263 Å². The molecule has 8 rings (SSSR count). The maximum absolute atomic E-state index is 14.5. The number of nitriles is 1. The lowest BCUT2D eigenvalue weighted by atomic mass is 9.33. The maximum Gasteiger partial charge on any atom is 0.199 e. The summed E-state index contributed by atoms with van der Waals surface area (Å²) in [4.78, 5) is 21.2. The van der Waals surface area contributed by atoms with Gasteiger partial charge in [0, 0.05) is 38.1 Å². The Balaban J connectivity index is 1.32. The first-order valence-electron chi connectivity index (χ1n) is 15.8. The second kappa shape index (κ2) is 9.63. The van der Waals surface area contributed by atoms with E-state index in [2.05, 4.69) is 38.1 Å². The van der Waals surface area contributed by atoms with Crippen molar-refractivity contribution in [1.82, 2.24) is 4.98 Å². The maximum atomic E-state index is 14.5. The van der Waals surface area contributed by atoms with Crippen molar-refractivity contribution >= 4 is 28.9 Å². The van der Waals surface area contributed by atoms with Gasteiger partial charge in [0.1, 0.15) is 11.1 Å². The molecule has 6 aliphatic carbocycles. The standard InChI is InChI=1S/C36H42N2O3S2/c1-21-16-22(2)38-31(25(21)19-37)42-20-35(41)13-10-29-33(35,5)12-9-28-32(4)11-8-24(39)17-34(32)14-15-36(28,29)26(18-34)30(40)27-7-6-23(3)43-27/h6-7,14-16,18,24,28-29,39,41H,8-13,17,20H2,1-5H3. The average Bonchev–Trinajstić information content (AvgIpc) is 3.51. The predicted octanol–water partition coefficient (Wildman–Crippen LogP) is 7.51. The number of ketones is 1. The number of Topliss-reactive ketones (excluding diaryl/α,β-unsaturated/α-hetero) is 1. The number of aryl methyl sites for hydroxylation is 3. The zero-order valence-corrected chi connectivity index (χ0v) is 27.5. The summed E-state index contributed by atoms with van der Waals surface area (Å²) in [6.07, 6.45) is 12.4. The molecule has 8 unspecified atom stereocenters. The molecular weight excluding hydrogens is 573 g/mol. The van der Waals surface area contributed by atoms with Crippen LogP contribution in [0.1, 0.15) is 90.2 Å². The number of aliphatic hydroxyl groups excluding tert-OH is 1.